The van der Waals surface area contributed by atoms with E-state index in [4.69, 9.17) is 4.74 Å². The maximum atomic E-state index is 12.1. The summed E-state index contributed by atoms with van der Waals surface area (Å²) in [6, 6.07) is 9.73. The third kappa shape index (κ3) is 5.52. The highest BCUT2D eigenvalue weighted by Gasteiger charge is 2.18. The summed E-state index contributed by atoms with van der Waals surface area (Å²) >= 11 is 1.26. The molecular formula is C18H18N2O5S. The largest absolute Gasteiger partial charge is 0.451 e. The molecule has 0 unspecified atom stereocenters. The second-order valence-electron chi connectivity index (χ2n) is 5.41. The molecule has 0 spiro atoms. The minimum atomic E-state index is -1.03. The molecule has 1 aromatic heterocycles. The lowest BCUT2D eigenvalue weighted by atomic mass is 10.1. The van der Waals surface area contributed by atoms with Gasteiger partial charge >= 0.3 is 5.97 Å². The van der Waals surface area contributed by atoms with E-state index in [0.717, 1.165) is 0 Å². The Labute approximate surface area is 154 Å². The molecule has 0 radical (unpaired) electrons. The normalized spacial score (nSPS) is 11.3. The summed E-state index contributed by atoms with van der Waals surface area (Å²) in [5.74, 6) is -1.68. The average Bonchev–Trinajstić information content (AvgIpc) is 3.14. The molecule has 0 saturated heterocycles. The van der Waals surface area contributed by atoms with Crippen LogP contribution in [0.4, 0.5) is 5.69 Å². The SMILES string of the molecule is CC(=O)c1ccc(NC(=O)[C@H](C)OC(=O)CNC(=O)c2cccs2)cc1. The number of ketones is 1. The maximum absolute atomic E-state index is 12.1. The smallest absolute Gasteiger partial charge is 0.326 e. The molecule has 0 fully saturated rings. The first-order valence-electron chi connectivity index (χ1n) is 7.80. The summed E-state index contributed by atoms with van der Waals surface area (Å²) in [5, 5.41) is 6.77. The van der Waals surface area contributed by atoms with Gasteiger partial charge in [-0.25, -0.2) is 0 Å². The molecular weight excluding hydrogens is 356 g/mol. The van der Waals surface area contributed by atoms with Crippen LogP contribution < -0.4 is 10.6 Å². The second-order valence-corrected chi connectivity index (χ2v) is 6.36. The van der Waals surface area contributed by atoms with Gasteiger partial charge in [0.05, 0.1) is 4.88 Å². The van der Waals surface area contributed by atoms with Crippen LogP contribution in [0.15, 0.2) is 41.8 Å². The van der Waals surface area contributed by atoms with Gasteiger partial charge in [-0.05, 0) is 49.6 Å². The van der Waals surface area contributed by atoms with Gasteiger partial charge in [0, 0.05) is 11.3 Å². The lowest BCUT2D eigenvalue weighted by Gasteiger charge is -2.14. The van der Waals surface area contributed by atoms with Crippen molar-refractivity contribution in [2.45, 2.75) is 20.0 Å². The van der Waals surface area contributed by atoms with Crippen LogP contribution in [0.3, 0.4) is 0 Å². The van der Waals surface area contributed by atoms with Crippen LogP contribution in [0.1, 0.15) is 33.9 Å². The predicted molar refractivity (Wildman–Crippen MR) is 97.3 cm³/mol. The monoisotopic (exact) mass is 374 g/mol. The van der Waals surface area contributed by atoms with E-state index in [9.17, 15) is 19.2 Å². The molecule has 26 heavy (non-hydrogen) atoms. The molecule has 1 aromatic carbocycles. The Hall–Kier alpha value is -3.00. The van der Waals surface area contributed by atoms with Crippen LogP contribution in [0.25, 0.3) is 0 Å². The number of amides is 2. The van der Waals surface area contributed by atoms with Crippen LogP contribution in [-0.2, 0) is 14.3 Å². The van der Waals surface area contributed by atoms with Crippen molar-refractivity contribution in [3.8, 4) is 0 Å². The maximum Gasteiger partial charge on any atom is 0.326 e. The van der Waals surface area contributed by atoms with Gasteiger partial charge in [0.15, 0.2) is 11.9 Å². The van der Waals surface area contributed by atoms with Crippen molar-refractivity contribution in [1.29, 1.82) is 0 Å². The van der Waals surface area contributed by atoms with Crippen molar-refractivity contribution >= 4 is 40.6 Å². The van der Waals surface area contributed by atoms with Gasteiger partial charge in [-0.2, -0.15) is 0 Å². The molecule has 0 saturated carbocycles. The van der Waals surface area contributed by atoms with Crippen molar-refractivity contribution in [3.63, 3.8) is 0 Å². The van der Waals surface area contributed by atoms with Crippen LogP contribution in [0, 0.1) is 0 Å². The molecule has 1 heterocycles. The fourth-order valence-electron chi connectivity index (χ4n) is 1.97. The number of ether oxygens (including phenoxy) is 1. The molecule has 2 N–H and O–H groups in total. The lowest BCUT2D eigenvalue weighted by molar-refractivity contribution is -0.152. The lowest BCUT2D eigenvalue weighted by Crippen LogP contribution is -2.35. The van der Waals surface area contributed by atoms with Crippen LogP contribution >= 0.6 is 11.3 Å². The Bertz CT molecular complexity index is 799. The number of esters is 1. The van der Waals surface area contributed by atoms with Gasteiger partial charge < -0.3 is 15.4 Å². The molecule has 0 aliphatic heterocycles. The van der Waals surface area contributed by atoms with Crippen molar-refractivity contribution in [2.75, 3.05) is 11.9 Å². The predicted octanol–water partition coefficient (Wildman–Crippen LogP) is 2.25. The van der Waals surface area contributed by atoms with Crippen molar-refractivity contribution < 1.29 is 23.9 Å². The van der Waals surface area contributed by atoms with Crippen LogP contribution in [0.2, 0.25) is 0 Å². The summed E-state index contributed by atoms with van der Waals surface area (Å²) in [6.07, 6.45) is -1.03. The first-order chi connectivity index (χ1) is 12.4. The number of rotatable bonds is 7. The van der Waals surface area contributed by atoms with E-state index < -0.39 is 18.0 Å². The van der Waals surface area contributed by atoms with Gasteiger partial charge in [-0.15, -0.1) is 11.3 Å². The number of Topliss-reactive ketones (excluding diaryl/α,β-unsaturated/α-hetero) is 1. The first-order valence-corrected chi connectivity index (χ1v) is 8.68. The van der Waals surface area contributed by atoms with Gasteiger partial charge in [0.25, 0.3) is 11.8 Å². The number of anilines is 1. The Balaban J connectivity index is 1.79. The molecule has 2 aromatic rings. The highest BCUT2D eigenvalue weighted by atomic mass is 32.1. The zero-order valence-corrected chi connectivity index (χ0v) is 15.1. The third-order valence-corrected chi connectivity index (χ3v) is 4.24. The molecule has 8 heteroatoms. The number of hydrogen-bond acceptors (Lipinski definition) is 6. The number of thiophene rings is 1. The van der Waals surface area contributed by atoms with E-state index >= 15 is 0 Å². The quantitative estimate of drug-likeness (QED) is 0.572. The fraction of sp³-hybridized carbons (Fsp3) is 0.222. The number of nitrogens with one attached hydrogen (secondary N) is 2. The zero-order chi connectivity index (χ0) is 19.1. The minimum absolute atomic E-state index is 0.0743. The summed E-state index contributed by atoms with van der Waals surface area (Å²) in [6.45, 7) is 2.55. The van der Waals surface area contributed by atoms with E-state index in [0.29, 0.717) is 16.1 Å². The molecule has 2 rings (SSSR count). The third-order valence-electron chi connectivity index (χ3n) is 3.37. The Kier molecular flexibility index (Phi) is 6.62. The van der Waals surface area contributed by atoms with Crippen LogP contribution in [0.5, 0.6) is 0 Å². The van der Waals surface area contributed by atoms with Crippen molar-refractivity contribution in [3.05, 3.63) is 52.2 Å². The molecule has 7 nitrogen and oxygen atoms in total. The van der Waals surface area contributed by atoms with Crippen molar-refractivity contribution in [1.82, 2.24) is 5.32 Å². The fourth-order valence-corrected chi connectivity index (χ4v) is 2.61. The van der Waals surface area contributed by atoms with E-state index in [1.54, 1.807) is 41.8 Å². The van der Waals surface area contributed by atoms with Gasteiger partial charge in [-0.1, -0.05) is 6.07 Å². The zero-order valence-electron chi connectivity index (χ0n) is 14.3. The summed E-state index contributed by atoms with van der Waals surface area (Å²) in [5.41, 5.74) is 1.01. The highest BCUT2D eigenvalue weighted by Crippen LogP contribution is 2.11. The summed E-state index contributed by atoms with van der Waals surface area (Å²) in [7, 11) is 0. The standard InChI is InChI=1S/C18H18N2O5S/c1-11(21)13-5-7-14(8-6-13)20-17(23)12(2)25-16(22)10-19-18(24)15-4-3-9-26-15/h3-9,12H,10H2,1-2H3,(H,19,24)(H,20,23)/t12-/m0/s1. The van der Waals surface area contributed by atoms with E-state index in [1.807, 2.05) is 0 Å². The van der Waals surface area contributed by atoms with E-state index in [1.165, 1.54) is 25.2 Å². The Morgan fingerprint density at radius 2 is 1.81 bits per heavy atom. The topological polar surface area (TPSA) is 102 Å². The second kappa shape index (κ2) is 8.91. The Morgan fingerprint density at radius 1 is 1.12 bits per heavy atom. The summed E-state index contributed by atoms with van der Waals surface area (Å²) < 4.78 is 5.00. The number of benzene rings is 1. The molecule has 0 aliphatic carbocycles. The van der Waals surface area contributed by atoms with Gasteiger partial charge in [-0.3, -0.25) is 19.2 Å². The number of carbonyl (C=O) groups is 4. The van der Waals surface area contributed by atoms with Gasteiger partial charge in [0.2, 0.25) is 0 Å². The number of hydrogen-bond donors (Lipinski definition) is 2. The molecule has 0 aliphatic rings. The first kappa shape index (κ1) is 19.3. The summed E-state index contributed by atoms with van der Waals surface area (Å²) in [4.78, 5) is 47.2. The van der Waals surface area contributed by atoms with E-state index in [-0.39, 0.29) is 18.2 Å². The minimum Gasteiger partial charge on any atom is -0.451 e. The van der Waals surface area contributed by atoms with Gasteiger partial charge in [0.1, 0.15) is 6.54 Å². The average molecular weight is 374 g/mol. The van der Waals surface area contributed by atoms with E-state index in [2.05, 4.69) is 10.6 Å². The number of carbonyl (C=O) groups excluding carboxylic acids is 4. The molecule has 1 atom stereocenters. The molecule has 2 amide bonds. The molecule has 136 valence electrons. The molecule has 0 bridgehead atoms. The highest BCUT2D eigenvalue weighted by molar-refractivity contribution is 7.12. The Morgan fingerprint density at radius 3 is 2.38 bits per heavy atom. The van der Waals surface area contributed by atoms with Crippen molar-refractivity contribution in [2.24, 2.45) is 0 Å². The van der Waals surface area contributed by atoms with Crippen LogP contribution in [-0.4, -0.2) is 36.2 Å².